The van der Waals surface area contributed by atoms with Gasteiger partial charge in [0.1, 0.15) is 18.2 Å². The minimum atomic E-state index is -0.754. The van der Waals surface area contributed by atoms with Crippen LogP contribution in [0.5, 0.6) is 0 Å². The van der Waals surface area contributed by atoms with Crippen LogP contribution < -0.4 is 10.6 Å². The average Bonchev–Trinajstić information content (AvgIpc) is 3.52. The lowest BCUT2D eigenvalue weighted by Crippen LogP contribution is -2.52. The number of likely N-dealkylation sites (tertiary alicyclic amines) is 1. The third-order valence-electron chi connectivity index (χ3n) is 7.40. The van der Waals surface area contributed by atoms with Gasteiger partial charge in [0.2, 0.25) is 17.7 Å². The predicted octanol–water partition coefficient (Wildman–Crippen LogP) is 2.02. The van der Waals surface area contributed by atoms with E-state index in [0.717, 1.165) is 13.0 Å². The summed E-state index contributed by atoms with van der Waals surface area (Å²) in [6.07, 6.45) is 0.673. The number of ether oxygens (including phenoxy) is 2. The summed E-state index contributed by atoms with van der Waals surface area (Å²) in [4.78, 5) is 70.4. The third kappa shape index (κ3) is 8.43. The number of fused-ring (bicyclic) bond motifs is 1. The van der Waals surface area contributed by atoms with Crippen molar-refractivity contribution in [2.75, 3.05) is 51.3 Å². The topological polar surface area (TPSA) is 186 Å². The zero-order valence-electron chi connectivity index (χ0n) is 24.7. The number of carbonyl (C=O) groups excluding carboxylic acids is 5. The quantitative estimate of drug-likeness (QED) is 0.127. The Balaban J connectivity index is 1.28. The maximum Gasteiger partial charge on any atom is 0.410 e. The maximum absolute atomic E-state index is 13.0. The number of carbonyl (C=O) groups is 5. The first-order valence-electron chi connectivity index (χ1n) is 14.3. The highest BCUT2D eigenvalue weighted by Crippen LogP contribution is 2.32. The van der Waals surface area contributed by atoms with Gasteiger partial charge in [-0.05, 0) is 57.8 Å². The lowest BCUT2D eigenvalue weighted by atomic mass is 10.0. The second-order valence-electron chi connectivity index (χ2n) is 11.7. The van der Waals surface area contributed by atoms with E-state index in [9.17, 15) is 24.0 Å². The van der Waals surface area contributed by atoms with Gasteiger partial charge < -0.3 is 29.5 Å². The highest BCUT2D eigenvalue weighted by Gasteiger charge is 2.40. The number of anilines is 1. The summed E-state index contributed by atoms with van der Waals surface area (Å²) in [5.41, 5.74) is 9.41. The van der Waals surface area contributed by atoms with Gasteiger partial charge in [-0.2, -0.15) is 0 Å². The summed E-state index contributed by atoms with van der Waals surface area (Å²) in [6.45, 7) is 7.83. The SMILES string of the molecule is CC(C)(C)OC(=O)N(CCOCC(=O)Nc1cccc2c1CN(C1CCC(=O)NC1=O)C2=O)CCN1CCC(N=[N+]=[N-])C1. The summed E-state index contributed by atoms with van der Waals surface area (Å²) in [7, 11) is 0. The lowest BCUT2D eigenvalue weighted by molar-refractivity contribution is -0.137. The van der Waals surface area contributed by atoms with E-state index in [0.29, 0.717) is 36.4 Å². The number of amides is 5. The summed E-state index contributed by atoms with van der Waals surface area (Å²) in [6, 6.07) is 4.13. The lowest BCUT2D eigenvalue weighted by Gasteiger charge is -2.29. The number of imide groups is 1. The Hall–Kier alpha value is -4.20. The fourth-order valence-corrected chi connectivity index (χ4v) is 5.29. The van der Waals surface area contributed by atoms with Gasteiger partial charge in [0, 0.05) is 60.9 Å². The van der Waals surface area contributed by atoms with E-state index in [1.807, 2.05) is 0 Å². The van der Waals surface area contributed by atoms with E-state index in [2.05, 4.69) is 25.6 Å². The number of hydrogen-bond acceptors (Lipinski definition) is 9. The van der Waals surface area contributed by atoms with Crippen molar-refractivity contribution < 1.29 is 33.4 Å². The summed E-state index contributed by atoms with van der Waals surface area (Å²) in [5, 5.41) is 8.83. The van der Waals surface area contributed by atoms with Crippen LogP contribution in [0.2, 0.25) is 0 Å². The van der Waals surface area contributed by atoms with Crippen LogP contribution in [0.3, 0.4) is 0 Å². The molecule has 3 heterocycles. The van der Waals surface area contributed by atoms with Crippen LogP contribution in [-0.4, -0.2) is 108 Å². The van der Waals surface area contributed by atoms with Gasteiger partial charge in [0.25, 0.3) is 5.91 Å². The van der Waals surface area contributed by atoms with Gasteiger partial charge >= 0.3 is 6.09 Å². The highest BCUT2D eigenvalue weighted by molar-refractivity contribution is 6.06. The zero-order valence-corrected chi connectivity index (χ0v) is 24.7. The van der Waals surface area contributed by atoms with E-state index in [-0.39, 0.29) is 57.0 Å². The van der Waals surface area contributed by atoms with E-state index in [1.54, 1.807) is 39.0 Å². The van der Waals surface area contributed by atoms with Gasteiger partial charge in [-0.3, -0.25) is 24.5 Å². The molecular formula is C28H38N8O7. The molecule has 2 atom stereocenters. The van der Waals surface area contributed by atoms with Crippen molar-refractivity contribution in [3.05, 3.63) is 39.8 Å². The van der Waals surface area contributed by atoms with Gasteiger partial charge in [-0.25, -0.2) is 4.79 Å². The van der Waals surface area contributed by atoms with E-state index >= 15 is 0 Å². The molecule has 5 amide bonds. The molecule has 0 aliphatic carbocycles. The van der Waals surface area contributed by atoms with Gasteiger partial charge in [-0.1, -0.05) is 11.2 Å². The van der Waals surface area contributed by atoms with Crippen LogP contribution in [0.25, 0.3) is 10.4 Å². The largest absolute Gasteiger partial charge is 0.444 e. The Morgan fingerprint density at radius 1 is 1.21 bits per heavy atom. The van der Waals surface area contributed by atoms with Crippen molar-refractivity contribution in [3.63, 3.8) is 0 Å². The smallest absolute Gasteiger partial charge is 0.410 e. The van der Waals surface area contributed by atoms with Gasteiger partial charge in [0.05, 0.1) is 12.6 Å². The standard InChI is InChI=1S/C28H38N8O7/c1-28(2,3)43-27(41)35(12-11-34-10-9-18(15-34)32-33-29)13-14-42-17-24(38)30-21-6-4-5-19-20(21)16-36(26(19)40)22-7-8-23(37)31-25(22)39/h4-6,18,22H,7-17H2,1-3H3,(H,30,38)(H,31,37,39). The maximum atomic E-state index is 13.0. The van der Waals surface area contributed by atoms with Crippen LogP contribution in [0.1, 0.15) is 56.0 Å². The number of piperidine rings is 1. The van der Waals surface area contributed by atoms with Crippen LogP contribution >= 0.6 is 0 Å². The predicted molar refractivity (Wildman–Crippen MR) is 154 cm³/mol. The van der Waals surface area contributed by atoms with E-state index in [4.69, 9.17) is 15.0 Å². The first kappa shape index (κ1) is 31.7. The minimum Gasteiger partial charge on any atom is -0.444 e. The molecule has 43 heavy (non-hydrogen) atoms. The molecule has 2 unspecified atom stereocenters. The molecule has 0 radical (unpaired) electrons. The Labute approximate surface area is 249 Å². The Bertz CT molecular complexity index is 1310. The summed E-state index contributed by atoms with van der Waals surface area (Å²) in [5.74, 6) is -1.64. The molecule has 0 saturated carbocycles. The fraction of sp³-hybridized carbons (Fsp3) is 0.607. The van der Waals surface area contributed by atoms with Gasteiger partial charge in [-0.15, -0.1) is 0 Å². The number of hydrogen-bond donors (Lipinski definition) is 2. The van der Waals surface area contributed by atoms with Gasteiger partial charge in [0.15, 0.2) is 0 Å². The second-order valence-corrected chi connectivity index (χ2v) is 11.7. The molecule has 2 N–H and O–H groups in total. The molecule has 3 aliphatic rings. The van der Waals surface area contributed by atoms with Crippen LogP contribution in [0.4, 0.5) is 10.5 Å². The number of nitrogens with one attached hydrogen (secondary N) is 2. The monoisotopic (exact) mass is 598 g/mol. The molecule has 15 nitrogen and oxygen atoms in total. The van der Waals surface area contributed by atoms with Crippen molar-refractivity contribution in [3.8, 4) is 0 Å². The van der Waals surface area contributed by atoms with Crippen LogP contribution in [-0.2, 0) is 30.4 Å². The van der Waals surface area contributed by atoms with Crippen molar-refractivity contribution in [1.29, 1.82) is 0 Å². The number of nitrogens with zero attached hydrogens (tertiary/aromatic N) is 6. The third-order valence-corrected chi connectivity index (χ3v) is 7.40. The molecule has 3 aliphatic heterocycles. The fourth-order valence-electron chi connectivity index (χ4n) is 5.29. The minimum absolute atomic E-state index is 0.0775. The molecular weight excluding hydrogens is 560 g/mol. The summed E-state index contributed by atoms with van der Waals surface area (Å²) >= 11 is 0. The number of rotatable bonds is 11. The molecule has 15 heteroatoms. The van der Waals surface area contributed by atoms with E-state index < -0.39 is 29.6 Å². The van der Waals surface area contributed by atoms with Crippen LogP contribution in [0.15, 0.2) is 23.3 Å². The normalized spacial score (nSPS) is 20.3. The molecule has 2 saturated heterocycles. The Morgan fingerprint density at radius 3 is 2.72 bits per heavy atom. The zero-order chi connectivity index (χ0) is 31.1. The van der Waals surface area contributed by atoms with E-state index in [1.165, 1.54) is 9.80 Å². The molecule has 4 rings (SSSR count). The average molecular weight is 599 g/mol. The molecule has 232 valence electrons. The molecule has 2 fully saturated rings. The Morgan fingerprint density at radius 2 is 2.00 bits per heavy atom. The first-order valence-corrected chi connectivity index (χ1v) is 14.3. The molecule has 0 bridgehead atoms. The molecule has 0 spiro atoms. The van der Waals surface area contributed by atoms with Crippen LogP contribution in [0, 0.1) is 0 Å². The summed E-state index contributed by atoms with van der Waals surface area (Å²) < 4.78 is 11.1. The molecule has 0 aromatic heterocycles. The molecule has 1 aromatic rings. The number of benzene rings is 1. The van der Waals surface area contributed by atoms with Crippen molar-refractivity contribution in [1.82, 2.24) is 20.0 Å². The second kappa shape index (κ2) is 13.8. The first-order chi connectivity index (χ1) is 20.4. The van der Waals surface area contributed by atoms with Crippen molar-refractivity contribution >= 4 is 35.4 Å². The number of azide groups is 1. The van der Waals surface area contributed by atoms with Crippen molar-refractivity contribution in [2.24, 2.45) is 5.11 Å². The van der Waals surface area contributed by atoms with Crippen molar-refractivity contribution in [2.45, 2.75) is 64.3 Å². The Kier molecular flexibility index (Phi) is 10.2. The highest BCUT2D eigenvalue weighted by atomic mass is 16.6. The molecule has 1 aromatic carbocycles.